The number of ether oxygens (including phenoxy) is 1. The molecule has 1 aliphatic heterocycles. The van der Waals surface area contributed by atoms with Gasteiger partial charge in [0, 0.05) is 39.1 Å². The van der Waals surface area contributed by atoms with Crippen LogP contribution in [-0.4, -0.2) is 68.6 Å². The number of nitrogens with zero attached hydrogens (tertiary/aromatic N) is 2. The highest BCUT2D eigenvalue weighted by atomic mass is 16.5. The van der Waals surface area contributed by atoms with E-state index < -0.39 is 0 Å². The molecule has 0 atom stereocenters. The van der Waals surface area contributed by atoms with Gasteiger partial charge in [-0.25, -0.2) is 0 Å². The van der Waals surface area contributed by atoms with E-state index in [1.165, 1.54) is 0 Å². The lowest BCUT2D eigenvalue weighted by Crippen LogP contribution is -2.40. The Bertz CT molecular complexity index is 191. The van der Waals surface area contributed by atoms with Crippen LogP contribution < -0.4 is 0 Å². The van der Waals surface area contributed by atoms with Crippen molar-refractivity contribution >= 4 is 5.78 Å². The predicted molar refractivity (Wildman–Crippen MR) is 60.1 cm³/mol. The highest BCUT2D eigenvalue weighted by Gasteiger charge is 2.10. The summed E-state index contributed by atoms with van der Waals surface area (Å²) in [6, 6.07) is 0. The Labute approximate surface area is 92.2 Å². The fourth-order valence-electron chi connectivity index (χ4n) is 1.60. The topological polar surface area (TPSA) is 32.8 Å². The van der Waals surface area contributed by atoms with Crippen molar-refractivity contribution in [2.75, 3.05) is 53.0 Å². The first-order chi connectivity index (χ1) is 7.18. The molecule has 1 aliphatic rings. The second-order valence-electron chi connectivity index (χ2n) is 4.21. The standard InChI is InChI=1S/C11H22N2O2/c1-11(14)3-4-12(2)5-6-13-7-9-15-10-8-13/h3-10H2,1-2H3. The molecule has 1 heterocycles. The number of carbonyl (C=O) groups excluding carboxylic acids is 1. The van der Waals surface area contributed by atoms with Crippen molar-refractivity contribution in [2.45, 2.75) is 13.3 Å². The van der Waals surface area contributed by atoms with E-state index >= 15 is 0 Å². The van der Waals surface area contributed by atoms with Crippen molar-refractivity contribution in [3.8, 4) is 0 Å². The molecule has 0 aromatic carbocycles. The number of morpholine rings is 1. The van der Waals surface area contributed by atoms with Crippen LogP contribution in [0.15, 0.2) is 0 Å². The summed E-state index contributed by atoms with van der Waals surface area (Å²) in [4.78, 5) is 15.4. The monoisotopic (exact) mass is 214 g/mol. The third-order valence-corrected chi connectivity index (χ3v) is 2.75. The van der Waals surface area contributed by atoms with Crippen LogP contribution in [0.2, 0.25) is 0 Å². The molecule has 4 heteroatoms. The third-order valence-electron chi connectivity index (χ3n) is 2.75. The molecule has 4 nitrogen and oxygen atoms in total. The van der Waals surface area contributed by atoms with Crippen molar-refractivity contribution in [1.82, 2.24) is 9.80 Å². The van der Waals surface area contributed by atoms with E-state index in [-0.39, 0.29) is 5.78 Å². The summed E-state index contributed by atoms with van der Waals surface area (Å²) in [5.74, 6) is 0.272. The highest BCUT2D eigenvalue weighted by molar-refractivity contribution is 5.75. The van der Waals surface area contributed by atoms with Crippen LogP contribution in [-0.2, 0) is 9.53 Å². The second kappa shape index (κ2) is 6.93. The average Bonchev–Trinajstić information content (AvgIpc) is 2.25. The molecule has 0 amide bonds. The van der Waals surface area contributed by atoms with E-state index in [4.69, 9.17) is 4.74 Å². The van der Waals surface area contributed by atoms with Crippen molar-refractivity contribution < 1.29 is 9.53 Å². The quantitative estimate of drug-likeness (QED) is 0.633. The fourth-order valence-corrected chi connectivity index (χ4v) is 1.60. The van der Waals surface area contributed by atoms with Crippen LogP contribution in [0.1, 0.15) is 13.3 Å². The smallest absolute Gasteiger partial charge is 0.131 e. The zero-order valence-corrected chi connectivity index (χ0v) is 9.87. The maximum absolute atomic E-state index is 10.8. The maximum atomic E-state index is 10.8. The number of hydrogen-bond acceptors (Lipinski definition) is 4. The number of ketones is 1. The summed E-state index contributed by atoms with van der Waals surface area (Å²) in [7, 11) is 2.07. The van der Waals surface area contributed by atoms with Gasteiger partial charge in [0.25, 0.3) is 0 Å². The second-order valence-corrected chi connectivity index (χ2v) is 4.21. The van der Waals surface area contributed by atoms with E-state index in [0.717, 1.165) is 45.9 Å². The molecule has 1 fully saturated rings. The summed E-state index contributed by atoms with van der Waals surface area (Å²) >= 11 is 0. The molecule has 0 spiro atoms. The van der Waals surface area contributed by atoms with Gasteiger partial charge in [-0.05, 0) is 14.0 Å². The molecular weight excluding hydrogens is 192 g/mol. The van der Waals surface area contributed by atoms with Crippen molar-refractivity contribution in [2.24, 2.45) is 0 Å². The Morgan fingerprint density at radius 3 is 2.60 bits per heavy atom. The molecule has 0 bridgehead atoms. The van der Waals surface area contributed by atoms with Gasteiger partial charge in [0.1, 0.15) is 5.78 Å². The molecule has 1 saturated heterocycles. The largest absolute Gasteiger partial charge is 0.379 e. The van der Waals surface area contributed by atoms with E-state index in [9.17, 15) is 4.79 Å². The molecule has 0 radical (unpaired) electrons. The molecule has 0 aromatic heterocycles. The van der Waals surface area contributed by atoms with Gasteiger partial charge >= 0.3 is 0 Å². The molecule has 0 N–H and O–H groups in total. The number of carbonyl (C=O) groups is 1. The first kappa shape index (κ1) is 12.6. The van der Waals surface area contributed by atoms with E-state index in [1.807, 2.05) is 0 Å². The number of Topliss-reactive ketones (excluding diaryl/α,β-unsaturated/α-hetero) is 1. The Morgan fingerprint density at radius 2 is 2.00 bits per heavy atom. The summed E-state index contributed by atoms with van der Waals surface area (Å²) < 4.78 is 5.29. The summed E-state index contributed by atoms with van der Waals surface area (Å²) in [6.07, 6.45) is 0.666. The Hall–Kier alpha value is -0.450. The van der Waals surface area contributed by atoms with Crippen LogP contribution in [0.3, 0.4) is 0 Å². The summed E-state index contributed by atoms with van der Waals surface area (Å²) in [5.41, 5.74) is 0. The normalized spacial score (nSPS) is 18.3. The minimum absolute atomic E-state index is 0.272. The Kier molecular flexibility index (Phi) is 5.83. The van der Waals surface area contributed by atoms with Gasteiger partial charge in [-0.15, -0.1) is 0 Å². The highest BCUT2D eigenvalue weighted by Crippen LogP contribution is 1.97. The Balaban J connectivity index is 2.04. The minimum Gasteiger partial charge on any atom is -0.379 e. The average molecular weight is 214 g/mol. The first-order valence-corrected chi connectivity index (χ1v) is 5.66. The number of hydrogen-bond donors (Lipinski definition) is 0. The van der Waals surface area contributed by atoms with Gasteiger partial charge in [0.2, 0.25) is 0 Å². The molecule has 88 valence electrons. The lowest BCUT2D eigenvalue weighted by atomic mass is 10.3. The third kappa shape index (κ3) is 5.87. The van der Waals surface area contributed by atoms with Gasteiger partial charge in [0.05, 0.1) is 13.2 Å². The summed E-state index contributed by atoms with van der Waals surface area (Å²) in [5, 5.41) is 0. The van der Waals surface area contributed by atoms with Crippen LogP contribution in [0, 0.1) is 0 Å². The lowest BCUT2D eigenvalue weighted by molar-refractivity contribution is -0.117. The van der Waals surface area contributed by atoms with Gasteiger partial charge in [-0.1, -0.05) is 0 Å². The molecule has 1 rings (SSSR count). The van der Waals surface area contributed by atoms with Gasteiger partial charge < -0.3 is 9.64 Å². The van der Waals surface area contributed by atoms with Gasteiger partial charge in [-0.2, -0.15) is 0 Å². The zero-order valence-electron chi connectivity index (χ0n) is 9.87. The SMILES string of the molecule is CC(=O)CCN(C)CCN1CCOCC1. The molecule has 0 aliphatic carbocycles. The van der Waals surface area contributed by atoms with Gasteiger partial charge in [0.15, 0.2) is 0 Å². The van der Waals surface area contributed by atoms with Crippen LogP contribution in [0.5, 0.6) is 0 Å². The zero-order chi connectivity index (χ0) is 11.1. The summed E-state index contributed by atoms with van der Waals surface area (Å²) in [6.45, 7) is 8.44. The number of rotatable bonds is 6. The first-order valence-electron chi connectivity index (χ1n) is 5.66. The Morgan fingerprint density at radius 1 is 1.33 bits per heavy atom. The van der Waals surface area contributed by atoms with Gasteiger partial charge in [-0.3, -0.25) is 9.69 Å². The minimum atomic E-state index is 0.272. The molecule has 0 aromatic rings. The lowest BCUT2D eigenvalue weighted by Gasteiger charge is -2.28. The van der Waals surface area contributed by atoms with Crippen molar-refractivity contribution in [3.05, 3.63) is 0 Å². The molecular formula is C11H22N2O2. The fraction of sp³-hybridized carbons (Fsp3) is 0.909. The maximum Gasteiger partial charge on any atom is 0.131 e. The van der Waals surface area contributed by atoms with Crippen molar-refractivity contribution in [1.29, 1.82) is 0 Å². The van der Waals surface area contributed by atoms with Crippen LogP contribution >= 0.6 is 0 Å². The predicted octanol–water partition coefficient (Wildman–Crippen LogP) is 0.230. The van der Waals surface area contributed by atoms with E-state index in [2.05, 4.69) is 16.8 Å². The number of likely N-dealkylation sites (N-methyl/N-ethyl adjacent to an activating group) is 1. The van der Waals surface area contributed by atoms with Crippen molar-refractivity contribution in [3.63, 3.8) is 0 Å². The van der Waals surface area contributed by atoms with Crippen LogP contribution in [0.4, 0.5) is 0 Å². The van der Waals surface area contributed by atoms with Crippen LogP contribution in [0.25, 0.3) is 0 Å². The molecule has 15 heavy (non-hydrogen) atoms. The molecule has 0 unspecified atom stereocenters. The molecule has 0 saturated carbocycles. The van der Waals surface area contributed by atoms with E-state index in [0.29, 0.717) is 6.42 Å². The van der Waals surface area contributed by atoms with E-state index in [1.54, 1.807) is 6.92 Å².